The summed E-state index contributed by atoms with van der Waals surface area (Å²) in [5.74, 6) is 26.2. The average molecular weight is 445 g/mol. The van der Waals surface area contributed by atoms with Crippen molar-refractivity contribution >= 4 is 0 Å². The molecule has 14 rings (SSSR count). The first kappa shape index (κ1) is 16.1. The van der Waals surface area contributed by atoms with Gasteiger partial charge in [0.15, 0.2) is 0 Å². The van der Waals surface area contributed by atoms with Gasteiger partial charge >= 0.3 is 0 Å². The van der Waals surface area contributed by atoms with Crippen molar-refractivity contribution in [1.29, 1.82) is 0 Å². The Morgan fingerprint density at radius 1 is 0.382 bits per heavy atom. The SMILES string of the molecule is C1=C2C3CCC3C2C2C3=CC4C5CC6C7C(C=C8C7C7C8C8C9C%10CCC%10C9C78)C6C5C4C3C12. The van der Waals surface area contributed by atoms with Crippen LogP contribution < -0.4 is 0 Å². The third kappa shape index (κ3) is 1.15. The van der Waals surface area contributed by atoms with Crippen LogP contribution in [-0.2, 0) is 0 Å². The number of hydrogen-bond acceptors (Lipinski definition) is 0. The molecule has 11 saturated carbocycles. The molecule has 0 heterocycles. The smallest absolute Gasteiger partial charge is 0.00625 e. The van der Waals surface area contributed by atoms with Crippen molar-refractivity contribution in [2.45, 2.75) is 32.1 Å². The lowest BCUT2D eigenvalue weighted by molar-refractivity contribution is -0.361. The fourth-order valence-electron chi connectivity index (χ4n) is 17.3. The second-order valence-corrected chi connectivity index (χ2v) is 16.9. The summed E-state index contributed by atoms with van der Waals surface area (Å²) in [6, 6.07) is 0. The van der Waals surface area contributed by atoms with E-state index >= 15 is 0 Å². The zero-order valence-electron chi connectivity index (χ0n) is 20.0. The van der Waals surface area contributed by atoms with Crippen molar-refractivity contribution in [3.05, 3.63) is 34.9 Å². The number of hydrogen-bond donors (Lipinski definition) is 0. The Hall–Kier alpha value is -0.780. The number of rotatable bonds is 0. The lowest BCUT2D eigenvalue weighted by Gasteiger charge is -2.85. The van der Waals surface area contributed by atoms with E-state index < -0.39 is 0 Å². The Labute approximate surface area is 203 Å². The molecule has 23 unspecified atom stereocenters. The van der Waals surface area contributed by atoms with Crippen LogP contribution in [0.1, 0.15) is 32.1 Å². The fourth-order valence-corrected chi connectivity index (χ4v) is 17.3. The Morgan fingerprint density at radius 3 is 1.97 bits per heavy atom. The largest absolute Gasteiger partial charge is 0.0810 e. The van der Waals surface area contributed by atoms with Crippen LogP contribution in [-0.4, -0.2) is 0 Å². The Morgan fingerprint density at radius 2 is 1.12 bits per heavy atom. The van der Waals surface area contributed by atoms with Crippen molar-refractivity contribution in [1.82, 2.24) is 0 Å². The van der Waals surface area contributed by atoms with E-state index in [1.165, 1.54) is 47.3 Å². The van der Waals surface area contributed by atoms with Gasteiger partial charge in [-0.2, -0.15) is 0 Å². The quantitative estimate of drug-likeness (QED) is 0.314. The van der Waals surface area contributed by atoms with E-state index in [2.05, 4.69) is 23.8 Å². The highest BCUT2D eigenvalue weighted by Crippen LogP contribution is 2.89. The molecule has 0 aliphatic heterocycles. The molecule has 0 bridgehead atoms. The summed E-state index contributed by atoms with van der Waals surface area (Å²) in [6.07, 6.45) is 16.9. The molecule has 23 atom stereocenters. The van der Waals surface area contributed by atoms with Crippen LogP contribution in [0.25, 0.3) is 0 Å². The van der Waals surface area contributed by atoms with Gasteiger partial charge in [0.05, 0.1) is 0 Å². The number of fused-ring (bicyclic) bond motifs is 33. The molecule has 11 fully saturated rings. The molecule has 172 valence electrons. The van der Waals surface area contributed by atoms with Gasteiger partial charge in [-0.05, 0) is 168 Å². The molecule has 0 aromatic carbocycles. The molecule has 0 nitrogen and oxygen atoms in total. The van der Waals surface area contributed by atoms with Crippen LogP contribution in [0.2, 0.25) is 0 Å². The summed E-state index contributed by atoms with van der Waals surface area (Å²) < 4.78 is 0. The normalized spacial score (nSPS) is 81.2. The average Bonchev–Trinajstić information content (AvgIpc) is 3.39. The molecular formula is C34H36. The van der Waals surface area contributed by atoms with Gasteiger partial charge in [0, 0.05) is 0 Å². The second kappa shape index (κ2) is 4.32. The van der Waals surface area contributed by atoms with E-state index in [0.29, 0.717) is 0 Å². The third-order valence-electron chi connectivity index (χ3n) is 17.9. The third-order valence-corrected chi connectivity index (χ3v) is 17.9. The van der Waals surface area contributed by atoms with Crippen LogP contribution in [0.4, 0.5) is 0 Å². The zero-order chi connectivity index (χ0) is 20.7. The Balaban J connectivity index is 0.799. The topological polar surface area (TPSA) is 0 Å². The van der Waals surface area contributed by atoms with Crippen molar-refractivity contribution in [3.63, 3.8) is 0 Å². The van der Waals surface area contributed by atoms with Gasteiger partial charge < -0.3 is 0 Å². The lowest BCUT2D eigenvalue weighted by atomic mass is 9.19. The number of allylic oxidation sites excluding steroid dienone is 6. The Kier molecular flexibility index (Phi) is 2.05. The van der Waals surface area contributed by atoms with E-state index in [1.807, 2.05) is 11.1 Å². The molecule has 14 aliphatic rings. The van der Waals surface area contributed by atoms with Crippen molar-refractivity contribution < 1.29 is 0 Å². The predicted octanol–water partition coefficient (Wildman–Crippen LogP) is 6.08. The highest BCUT2D eigenvalue weighted by molar-refractivity contribution is 5.51. The highest BCUT2D eigenvalue weighted by atomic mass is 14.9. The molecule has 0 aromatic rings. The maximum Gasteiger partial charge on any atom is -0.00625 e. The second-order valence-electron chi connectivity index (χ2n) is 16.9. The first-order valence-corrected chi connectivity index (χ1v) is 16.0. The molecule has 14 aliphatic carbocycles. The summed E-state index contributed by atoms with van der Waals surface area (Å²) in [4.78, 5) is 0. The fraction of sp³-hybridized carbons (Fsp3) is 0.824. The first-order chi connectivity index (χ1) is 16.9. The van der Waals surface area contributed by atoms with Crippen LogP contribution in [0.3, 0.4) is 0 Å². The minimum absolute atomic E-state index is 1.01. The van der Waals surface area contributed by atoms with E-state index in [4.69, 9.17) is 0 Å². The minimum atomic E-state index is 1.01. The van der Waals surface area contributed by atoms with Gasteiger partial charge in [0.25, 0.3) is 0 Å². The van der Waals surface area contributed by atoms with E-state index in [0.717, 1.165) is 88.8 Å². The highest BCUT2D eigenvalue weighted by Gasteiger charge is 2.85. The molecule has 34 heavy (non-hydrogen) atoms. The van der Waals surface area contributed by atoms with E-state index in [-0.39, 0.29) is 0 Å². The maximum atomic E-state index is 3.01. The van der Waals surface area contributed by atoms with Crippen LogP contribution >= 0.6 is 0 Å². The van der Waals surface area contributed by atoms with Gasteiger partial charge in [-0.25, -0.2) is 0 Å². The molecule has 0 saturated heterocycles. The summed E-state index contributed by atoms with van der Waals surface area (Å²) >= 11 is 0. The van der Waals surface area contributed by atoms with Crippen LogP contribution in [0.15, 0.2) is 34.9 Å². The molecule has 0 N–H and O–H groups in total. The van der Waals surface area contributed by atoms with Crippen molar-refractivity contribution in [2.75, 3.05) is 0 Å². The summed E-state index contributed by atoms with van der Waals surface area (Å²) in [5, 5.41) is 0. The summed E-state index contributed by atoms with van der Waals surface area (Å²) in [7, 11) is 0. The monoisotopic (exact) mass is 444 g/mol. The molecular weight excluding hydrogens is 408 g/mol. The van der Waals surface area contributed by atoms with E-state index in [1.54, 1.807) is 32.1 Å². The van der Waals surface area contributed by atoms with Gasteiger partial charge in [-0.1, -0.05) is 34.9 Å². The lowest BCUT2D eigenvalue weighted by Crippen LogP contribution is -2.81. The molecule has 0 spiro atoms. The molecule has 0 heteroatoms. The summed E-state index contributed by atoms with van der Waals surface area (Å²) in [6.45, 7) is 0. The van der Waals surface area contributed by atoms with Gasteiger partial charge in [0.1, 0.15) is 0 Å². The molecule has 0 amide bonds. The van der Waals surface area contributed by atoms with Gasteiger partial charge in [0.2, 0.25) is 0 Å². The van der Waals surface area contributed by atoms with Crippen LogP contribution in [0.5, 0.6) is 0 Å². The maximum absolute atomic E-state index is 3.01. The van der Waals surface area contributed by atoms with Gasteiger partial charge in [-0.15, -0.1) is 0 Å². The standard InChI is InChI=1S/C34H36/c1-2-10-9(1)13-5-16-22(21(10)13)17-6-14-15-7-18-24(29(15)28(14)23(16)17)19-8-20-30(25(18)19)33-31(20)32-26-11-3-4-12(11)27(26)34(32)33/h5-6,8-12,14-16,18-19,21-34H,1-4,7H2. The minimum Gasteiger partial charge on any atom is -0.0810 e. The van der Waals surface area contributed by atoms with E-state index in [9.17, 15) is 0 Å². The van der Waals surface area contributed by atoms with Crippen molar-refractivity contribution in [2.24, 2.45) is 136 Å². The zero-order valence-corrected chi connectivity index (χ0v) is 20.0. The van der Waals surface area contributed by atoms with Gasteiger partial charge in [-0.3, -0.25) is 0 Å². The molecule has 0 aromatic heterocycles. The molecule has 0 radical (unpaired) electrons. The summed E-state index contributed by atoms with van der Waals surface area (Å²) in [5.41, 5.74) is 6.10. The Bertz CT molecular complexity index is 1280. The predicted molar refractivity (Wildman–Crippen MR) is 128 cm³/mol. The van der Waals surface area contributed by atoms with Crippen molar-refractivity contribution in [3.8, 4) is 0 Å². The van der Waals surface area contributed by atoms with Crippen LogP contribution in [0, 0.1) is 136 Å². The first-order valence-electron chi connectivity index (χ1n) is 16.0.